The SMILES string of the molecule is CC1CCCCN1C(=S)NC1N=C(c2ccccc2)c2cc(Cl)ccc2N(C)C1=O. The van der Waals surface area contributed by atoms with E-state index in [-0.39, 0.29) is 5.91 Å². The topological polar surface area (TPSA) is 47.9 Å². The molecule has 2 aromatic carbocycles. The van der Waals surface area contributed by atoms with Gasteiger partial charge in [-0.3, -0.25) is 4.79 Å². The molecule has 0 spiro atoms. The summed E-state index contributed by atoms with van der Waals surface area (Å²) in [7, 11) is 1.76. The molecule has 2 aliphatic heterocycles. The molecular formula is C23H25ClN4OS. The molecule has 30 heavy (non-hydrogen) atoms. The smallest absolute Gasteiger partial charge is 0.272 e. The number of benzodiazepines with no additional fused rings is 1. The molecule has 2 atom stereocenters. The van der Waals surface area contributed by atoms with Crippen molar-refractivity contribution in [3.8, 4) is 0 Å². The fourth-order valence-corrected chi connectivity index (χ4v) is 4.62. The van der Waals surface area contributed by atoms with E-state index >= 15 is 0 Å². The van der Waals surface area contributed by atoms with E-state index in [1.165, 1.54) is 6.42 Å². The number of carbonyl (C=O) groups is 1. The second kappa shape index (κ2) is 8.74. The number of nitrogens with zero attached hydrogens (tertiary/aromatic N) is 3. The third kappa shape index (κ3) is 4.07. The van der Waals surface area contributed by atoms with Crippen molar-refractivity contribution in [3.05, 3.63) is 64.7 Å². The number of halogens is 1. The molecule has 4 rings (SSSR count). The minimum absolute atomic E-state index is 0.156. The summed E-state index contributed by atoms with van der Waals surface area (Å²) in [5.41, 5.74) is 3.24. The van der Waals surface area contributed by atoms with E-state index in [1.807, 2.05) is 42.5 Å². The van der Waals surface area contributed by atoms with Crippen LogP contribution in [0.15, 0.2) is 53.5 Å². The molecular weight excluding hydrogens is 416 g/mol. The Morgan fingerprint density at radius 3 is 2.70 bits per heavy atom. The standard InChI is InChI=1S/C23H25ClN4OS/c1-15-8-6-7-13-28(15)23(30)26-21-22(29)27(2)19-12-11-17(24)14-18(19)20(25-21)16-9-4-3-5-10-16/h3-5,9-12,14-15,21H,6-8,13H2,1-2H3,(H,26,30). The number of hydrogen-bond acceptors (Lipinski definition) is 3. The quantitative estimate of drug-likeness (QED) is 0.710. The maximum absolute atomic E-state index is 13.3. The first-order valence-electron chi connectivity index (χ1n) is 10.2. The van der Waals surface area contributed by atoms with Gasteiger partial charge in [0, 0.05) is 35.8 Å². The number of amides is 1. The number of benzene rings is 2. The molecule has 0 aromatic heterocycles. The average molecular weight is 441 g/mol. The number of likely N-dealkylation sites (N-methyl/N-ethyl adjacent to an activating group) is 1. The van der Waals surface area contributed by atoms with E-state index in [4.69, 9.17) is 28.8 Å². The second-order valence-electron chi connectivity index (χ2n) is 7.79. The number of anilines is 1. The zero-order valence-electron chi connectivity index (χ0n) is 17.1. The summed E-state index contributed by atoms with van der Waals surface area (Å²) in [4.78, 5) is 22.0. The van der Waals surface area contributed by atoms with Gasteiger partial charge in [0.2, 0.25) is 6.17 Å². The molecule has 0 aliphatic carbocycles. The molecule has 1 saturated heterocycles. The maximum atomic E-state index is 13.3. The minimum Gasteiger partial charge on any atom is -0.347 e. The summed E-state index contributed by atoms with van der Waals surface area (Å²) in [5.74, 6) is -0.156. The van der Waals surface area contributed by atoms with E-state index in [0.717, 1.165) is 41.9 Å². The van der Waals surface area contributed by atoms with Crippen molar-refractivity contribution in [1.82, 2.24) is 10.2 Å². The highest BCUT2D eigenvalue weighted by Crippen LogP contribution is 2.30. The Kier molecular flexibility index (Phi) is 6.06. The van der Waals surface area contributed by atoms with Crippen LogP contribution in [0.1, 0.15) is 37.3 Å². The normalized spacial score (nSPS) is 21.6. The van der Waals surface area contributed by atoms with E-state index in [2.05, 4.69) is 17.1 Å². The predicted molar refractivity (Wildman–Crippen MR) is 126 cm³/mol. The number of fused-ring (bicyclic) bond motifs is 1. The van der Waals surface area contributed by atoms with Gasteiger partial charge < -0.3 is 15.1 Å². The molecule has 156 valence electrons. The van der Waals surface area contributed by atoms with Crippen molar-refractivity contribution in [1.29, 1.82) is 0 Å². The molecule has 5 nitrogen and oxygen atoms in total. The lowest BCUT2D eigenvalue weighted by molar-refractivity contribution is -0.119. The summed E-state index contributed by atoms with van der Waals surface area (Å²) >= 11 is 12.0. The molecule has 2 aromatic rings. The number of piperidine rings is 1. The van der Waals surface area contributed by atoms with Crippen LogP contribution < -0.4 is 10.2 Å². The summed E-state index contributed by atoms with van der Waals surface area (Å²) in [6.07, 6.45) is 2.60. The van der Waals surface area contributed by atoms with Gasteiger partial charge in [-0.2, -0.15) is 0 Å². The number of hydrogen-bond donors (Lipinski definition) is 1. The molecule has 1 N–H and O–H groups in total. The largest absolute Gasteiger partial charge is 0.347 e. The van der Waals surface area contributed by atoms with E-state index in [1.54, 1.807) is 18.0 Å². The molecule has 7 heteroatoms. The maximum Gasteiger partial charge on any atom is 0.272 e. The van der Waals surface area contributed by atoms with Crippen LogP contribution >= 0.6 is 23.8 Å². The van der Waals surface area contributed by atoms with E-state index in [9.17, 15) is 4.79 Å². The number of aliphatic imine (C=N–C) groups is 1. The van der Waals surface area contributed by atoms with Crippen LogP contribution in [0.25, 0.3) is 0 Å². The Balaban J connectivity index is 1.75. The van der Waals surface area contributed by atoms with Gasteiger partial charge in [-0.25, -0.2) is 4.99 Å². The van der Waals surface area contributed by atoms with Gasteiger partial charge in [-0.05, 0) is 56.6 Å². The van der Waals surface area contributed by atoms with Crippen molar-refractivity contribution in [2.75, 3.05) is 18.5 Å². The third-order valence-electron chi connectivity index (χ3n) is 5.77. The van der Waals surface area contributed by atoms with Gasteiger partial charge in [-0.15, -0.1) is 0 Å². The first-order valence-corrected chi connectivity index (χ1v) is 11.0. The van der Waals surface area contributed by atoms with Crippen LogP contribution in [-0.4, -0.2) is 47.4 Å². The van der Waals surface area contributed by atoms with Gasteiger partial charge >= 0.3 is 0 Å². The Morgan fingerprint density at radius 1 is 1.20 bits per heavy atom. The Labute approximate surface area is 187 Å². The fraction of sp³-hybridized carbons (Fsp3) is 0.348. The van der Waals surface area contributed by atoms with Crippen LogP contribution in [0, 0.1) is 0 Å². The molecule has 0 radical (unpaired) electrons. The van der Waals surface area contributed by atoms with Gasteiger partial charge in [-0.1, -0.05) is 41.9 Å². The van der Waals surface area contributed by atoms with Crippen molar-refractivity contribution in [3.63, 3.8) is 0 Å². The Hall–Kier alpha value is -2.44. The summed E-state index contributed by atoms with van der Waals surface area (Å²) in [5, 5.41) is 4.41. The van der Waals surface area contributed by atoms with Gasteiger partial charge in [0.15, 0.2) is 5.11 Å². The third-order valence-corrected chi connectivity index (χ3v) is 6.36. The van der Waals surface area contributed by atoms with Crippen molar-refractivity contribution >= 4 is 46.2 Å². The molecule has 0 bridgehead atoms. The highest BCUT2D eigenvalue weighted by atomic mass is 35.5. The monoisotopic (exact) mass is 440 g/mol. The summed E-state index contributed by atoms with van der Waals surface area (Å²) in [6, 6.07) is 15.7. The summed E-state index contributed by atoms with van der Waals surface area (Å²) < 4.78 is 0. The molecule has 1 fully saturated rings. The van der Waals surface area contributed by atoms with E-state index < -0.39 is 6.17 Å². The number of likely N-dealkylation sites (tertiary alicyclic amines) is 1. The molecule has 2 unspecified atom stereocenters. The lowest BCUT2D eigenvalue weighted by Crippen LogP contribution is -2.53. The molecule has 2 heterocycles. The highest BCUT2D eigenvalue weighted by molar-refractivity contribution is 7.80. The van der Waals surface area contributed by atoms with Crippen molar-refractivity contribution in [2.45, 2.75) is 38.4 Å². The van der Waals surface area contributed by atoms with Crippen LogP contribution in [0.5, 0.6) is 0 Å². The van der Waals surface area contributed by atoms with E-state index in [0.29, 0.717) is 16.2 Å². The number of nitrogens with one attached hydrogen (secondary N) is 1. The highest BCUT2D eigenvalue weighted by Gasteiger charge is 2.32. The van der Waals surface area contributed by atoms with Crippen molar-refractivity contribution in [2.24, 2.45) is 4.99 Å². The minimum atomic E-state index is -0.807. The zero-order chi connectivity index (χ0) is 21.3. The van der Waals surface area contributed by atoms with Gasteiger partial charge in [0.25, 0.3) is 5.91 Å². The van der Waals surface area contributed by atoms with Crippen LogP contribution in [0.2, 0.25) is 5.02 Å². The number of carbonyl (C=O) groups excluding carboxylic acids is 1. The molecule has 0 saturated carbocycles. The van der Waals surface area contributed by atoms with Crippen LogP contribution in [0.4, 0.5) is 5.69 Å². The first-order chi connectivity index (χ1) is 14.5. The van der Waals surface area contributed by atoms with Crippen LogP contribution in [-0.2, 0) is 4.79 Å². The Morgan fingerprint density at radius 2 is 1.97 bits per heavy atom. The number of thiocarbonyl (C=S) groups is 1. The van der Waals surface area contributed by atoms with Crippen molar-refractivity contribution < 1.29 is 4.79 Å². The Bertz CT molecular complexity index is 994. The summed E-state index contributed by atoms with van der Waals surface area (Å²) in [6.45, 7) is 3.07. The van der Waals surface area contributed by atoms with Crippen LogP contribution in [0.3, 0.4) is 0 Å². The first kappa shape index (κ1) is 20.8. The number of rotatable bonds is 2. The second-order valence-corrected chi connectivity index (χ2v) is 8.62. The lowest BCUT2D eigenvalue weighted by Gasteiger charge is -2.36. The molecule has 2 aliphatic rings. The molecule has 1 amide bonds. The van der Waals surface area contributed by atoms with Gasteiger partial charge in [0.05, 0.1) is 11.4 Å². The lowest BCUT2D eigenvalue weighted by atomic mass is 10.0. The fourth-order valence-electron chi connectivity index (χ4n) is 4.07. The average Bonchev–Trinajstić information content (AvgIpc) is 2.85. The predicted octanol–water partition coefficient (Wildman–Crippen LogP) is 4.23. The zero-order valence-corrected chi connectivity index (χ0v) is 18.7. The van der Waals surface area contributed by atoms with Gasteiger partial charge in [0.1, 0.15) is 0 Å².